The summed E-state index contributed by atoms with van der Waals surface area (Å²) >= 11 is 0. The van der Waals surface area contributed by atoms with Crippen molar-refractivity contribution in [1.29, 1.82) is 0 Å². The molecule has 0 aliphatic rings. The molecule has 2 heterocycles. The van der Waals surface area contributed by atoms with Crippen LogP contribution in [-0.2, 0) is 0 Å². The molecule has 174 valence electrons. The van der Waals surface area contributed by atoms with Gasteiger partial charge in [-0.2, -0.15) is 5.10 Å². The van der Waals surface area contributed by atoms with Crippen molar-refractivity contribution in [3.05, 3.63) is 83.8 Å². The summed E-state index contributed by atoms with van der Waals surface area (Å²) in [5.41, 5.74) is 4.91. The van der Waals surface area contributed by atoms with Gasteiger partial charge in [-0.1, -0.05) is 18.2 Å². The average Bonchev–Trinajstić information content (AvgIpc) is 3.25. The molecule has 0 bridgehead atoms. The fraction of sp³-hybridized carbons (Fsp3) is 0.222. The van der Waals surface area contributed by atoms with Crippen LogP contribution >= 0.6 is 0 Å². The molecular weight excluding hydrogens is 424 g/mol. The van der Waals surface area contributed by atoms with Gasteiger partial charge in [0.05, 0.1) is 28.2 Å². The van der Waals surface area contributed by atoms with E-state index in [9.17, 15) is 4.79 Å². The number of unbranched alkanes of at least 4 members (excludes halogenated alkanes) is 1. The van der Waals surface area contributed by atoms with Crippen LogP contribution in [-0.4, -0.2) is 53.2 Å². The lowest BCUT2D eigenvalue weighted by molar-refractivity contribution is 0.0953. The maximum atomic E-state index is 12.8. The zero-order valence-electron chi connectivity index (χ0n) is 19.6. The van der Waals surface area contributed by atoms with Crippen molar-refractivity contribution in [1.82, 2.24) is 25.4 Å². The third kappa shape index (κ3) is 6.08. The van der Waals surface area contributed by atoms with Crippen LogP contribution in [0.15, 0.2) is 66.9 Å². The Morgan fingerprint density at radius 3 is 2.71 bits per heavy atom. The summed E-state index contributed by atoms with van der Waals surface area (Å²) in [7, 11) is 4.11. The second-order valence-electron chi connectivity index (χ2n) is 8.39. The summed E-state index contributed by atoms with van der Waals surface area (Å²) < 4.78 is 0. The van der Waals surface area contributed by atoms with Gasteiger partial charge in [-0.3, -0.25) is 14.9 Å². The molecule has 0 radical (unpaired) electrons. The quantitative estimate of drug-likeness (QED) is 0.295. The van der Waals surface area contributed by atoms with E-state index in [1.165, 1.54) is 0 Å². The number of carbonyl (C=O) groups is 1. The highest BCUT2D eigenvalue weighted by Gasteiger charge is 2.11. The minimum atomic E-state index is -0.0717. The molecule has 0 unspecified atom stereocenters. The summed E-state index contributed by atoms with van der Waals surface area (Å²) in [6.07, 6.45) is 7.66. The molecule has 0 spiro atoms. The smallest absolute Gasteiger partial charge is 0.253 e. The Kier molecular flexibility index (Phi) is 7.67. The van der Waals surface area contributed by atoms with E-state index in [0.717, 1.165) is 53.1 Å². The number of anilines is 2. The molecule has 0 atom stereocenters. The molecule has 3 N–H and O–H groups in total. The molecular formula is C27H30N6O. The summed E-state index contributed by atoms with van der Waals surface area (Å²) in [6, 6.07) is 19.4. The van der Waals surface area contributed by atoms with Gasteiger partial charge >= 0.3 is 0 Å². The van der Waals surface area contributed by atoms with Crippen molar-refractivity contribution in [3.63, 3.8) is 0 Å². The highest BCUT2D eigenvalue weighted by atomic mass is 16.1. The number of fused-ring (bicyclic) bond motifs is 1. The molecule has 4 rings (SSSR count). The summed E-state index contributed by atoms with van der Waals surface area (Å²) in [5.74, 6) is -0.0717. The number of benzene rings is 2. The molecule has 4 aromatic rings. The fourth-order valence-electron chi connectivity index (χ4n) is 3.68. The molecule has 1 amide bonds. The van der Waals surface area contributed by atoms with Crippen molar-refractivity contribution < 1.29 is 4.79 Å². The topological polar surface area (TPSA) is 85.9 Å². The molecule has 0 saturated carbocycles. The fourth-order valence-corrected chi connectivity index (χ4v) is 3.68. The second-order valence-corrected chi connectivity index (χ2v) is 8.39. The van der Waals surface area contributed by atoms with Crippen molar-refractivity contribution in [2.75, 3.05) is 32.5 Å². The van der Waals surface area contributed by atoms with Gasteiger partial charge in [0, 0.05) is 23.8 Å². The first-order chi connectivity index (χ1) is 16.6. The lowest BCUT2D eigenvalue weighted by Gasteiger charge is -2.13. The summed E-state index contributed by atoms with van der Waals surface area (Å²) in [4.78, 5) is 19.2. The molecule has 7 nitrogen and oxygen atoms in total. The monoisotopic (exact) mass is 454 g/mol. The molecule has 7 heteroatoms. The molecule has 2 aromatic heterocycles. The summed E-state index contributed by atoms with van der Waals surface area (Å²) in [6.45, 7) is 1.68. The first-order valence-corrected chi connectivity index (χ1v) is 11.5. The van der Waals surface area contributed by atoms with E-state index >= 15 is 0 Å². The average molecular weight is 455 g/mol. The van der Waals surface area contributed by atoms with Gasteiger partial charge in [0.2, 0.25) is 0 Å². The molecule has 0 aliphatic heterocycles. The molecule has 34 heavy (non-hydrogen) atoms. The predicted octanol–water partition coefficient (Wildman–Crippen LogP) is 4.94. The van der Waals surface area contributed by atoms with Gasteiger partial charge in [-0.25, -0.2) is 0 Å². The molecule has 0 saturated heterocycles. The number of nitrogens with zero attached hydrogens (tertiary/aromatic N) is 3. The van der Waals surface area contributed by atoms with E-state index in [-0.39, 0.29) is 5.91 Å². The normalized spacial score (nSPS) is 11.4. The van der Waals surface area contributed by atoms with Gasteiger partial charge in [0.15, 0.2) is 0 Å². The number of amides is 1. The highest BCUT2D eigenvalue weighted by molar-refractivity contribution is 6.00. The number of rotatable bonds is 10. The van der Waals surface area contributed by atoms with E-state index in [1.807, 2.05) is 72.8 Å². The van der Waals surface area contributed by atoms with Gasteiger partial charge in [0.25, 0.3) is 5.91 Å². The maximum absolute atomic E-state index is 12.8. The van der Waals surface area contributed by atoms with Crippen LogP contribution < -0.4 is 10.6 Å². The Bertz CT molecular complexity index is 1260. The Morgan fingerprint density at radius 1 is 1.03 bits per heavy atom. The minimum Gasteiger partial charge on any atom is -0.355 e. The Hall–Kier alpha value is -3.97. The third-order valence-electron chi connectivity index (χ3n) is 5.46. The first-order valence-electron chi connectivity index (χ1n) is 11.5. The zero-order valence-corrected chi connectivity index (χ0v) is 19.6. The maximum Gasteiger partial charge on any atom is 0.253 e. The first kappa shape index (κ1) is 23.2. The summed E-state index contributed by atoms with van der Waals surface area (Å²) in [5, 5.41) is 15.0. The molecule has 2 aromatic carbocycles. The standard InChI is InChI=1S/C27H30N6O/c1-33(2)18-8-7-17-29-27(34)23-10-3-4-11-24(23)30-21-12-14-22-25(31-32-26(22)19-21)15-13-20-9-5-6-16-28-20/h3-6,9-16,19,30H,7-8,17-18H2,1-2H3,(H,29,34)(H,31,32)/b15-13+. The van der Waals surface area contributed by atoms with Crippen LogP contribution in [0, 0.1) is 0 Å². The molecule has 0 aliphatic carbocycles. The number of aromatic nitrogens is 3. The Labute approximate surface area is 199 Å². The number of hydrogen-bond donors (Lipinski definition) is 3. The van der Waals surface area contributed by atoms with Crippen LogP contribution in [0.1, 0.15) is 34.6 Å². The second kappa shape index (κ2) is 11.2. The lowest BCUT2D eigenvalue weighted by Crippen LogP contribution is -2.26. The van der Waals surface area contributed by atoms with Crippen LogP contribution in [0.4, 0.5) is 11.4 Å². The van der Waals surface area contributed by atoms with Crippen LogP contribution in [0.3, 0.4) is 0 Å². The van der Waals surface area contributed by atoms with Crippen molar-refractivity contribution >= 4 is 40.3 Å². The van der Waals surface area contributed by atoms with Gasteiger partial charge < -0.3 is 15.5 Å². The number of carbonyl (C=O) groups excluding carboxylic acids is 1. The van der Waals surface area contributed by atoms with Crippen molar-refractivity contribution in [3.8, 4) is 0 Å². The number of hydrogen-bond acceptors (Lipinski definition) is 5. The number of aromatic amines is 1. The van der Waals surface area contributed by atoms with Gasteiger partial charge in [-0.15, -0.1) is 0 Å². The number of nitrogens with one attached hydrogen (secondary N) is 3. The van der Waals surface area contributed by atoms with Crippen LogP contribution in [0.2, 0.25) is 0 Å². The number of para-hydroxylation sites is 1. The largest absolute Gasteiger partial charge is 0.355 e. The highest BCUT2D eigenvalue weighted by Crippen LogP contribution is 2.26. The SMILES string of the molecule is CN(C)CCCCNC(=O)c1ccccc1Nc1ccc2c(/C=C/c3ccccn3)n[nH]c2c1. The van der Waals surface area contributed by atoms with Gasteiger partial charge in [0.1, 0.15) is 0 Å². The van der Waals surface area contributed by atoms with Crippen LogP contribution in [0.25, 0.3) is 23.1 Å². The lowest BCUT2D eigenvalue weighted by atomic mass is 10.1. The van der Waals surface area contributed by atoms with E-state index in [1.54, 1.807) is 6.20 Å². The molecule has 0 fully saturated rings. The van der Waals surface area contributed by atoms with Crippen LogP contribution in [0.5, 0.6) is 0 Å². The number of H-pyrrole nitrogens is 1. The van der Waals surface area contributed by atoms with E-state index in [4.69, 9.17) is 0 Å². The number of pyridine rings is 1. The van der Waals surface area contributed by atoms with E-state index in [2.05, 4.69) is 44.8 Å². The third-order valence-corrected chi connectivity index (χ3v) is 5.46. The van der Waals surface area contributed by atoms with Crippen molar-refractivity contribution in [2.45, 2.75) is 12.8 Å². The van der Waals surface area contributed by atoms with Gasteiger partial charge in [-0.05, 0) is 88.1 Å². The Balaban J connectivity index is 1.44. The van der Waals surface area contributed by atoms with Crippen molar-refractivity contribution in [2.24, 2.45) is 0 Å². The predicted molar refractivity (Wildman–Crippen MR) is 139 cm³/mol. The van der Waals surface area contributed by atoms with E-state index < -0.39 is 0 Å². The minimum absolute atomic E-state index is 0.0717. The zero-order chi connectivity index (χ0) is 23.8. The van der Waals surface area contributed by atoms with E-state index in [0.29, 0.717) is 12.1 Å². The Morgan fingerprint density at radius 2 is 1.88 bits per heavy atom.